The van der Waals surface area contributed by atoms with E-state index in [1.165, 1.54) is 19.2 Å². The Hall–Kier alpha value is -2.60. The molecule has 0 saturated carbocycles. The minimum atomic E-state index is -0.665. The van der Waals surface area contributed by atoms with Crippen LogP contribution in [0.4, 0.5) is 5.69 Å². The summed E-state index contributed by atoms with van der Waals surface area (Å²) in [6.45, 7) is 0. The monoisotopic (exact) mass is 217 g/mol. The Morgan fingerprint density at radius 1 is 1.50 bits per heavy atom. The zero-order valence-electron chi connectivity index (χ0n) is 8.43. The van der Waals surface area contributed by atoms with Gasteiger partial charge >= 0.3 is 0 Å². The molecule has 16 heavy (non-hydrogen) atoms. The molecule has 6 nitrogen and oxygen atoms in total. The molecule has 0 atom stereocenters. The summed E-state index contributed by atoms with van der Waals surface area (Å²) >= 11 is 0. The van der Waals surface area contributed by atoms with Crippen LogP contribution in [-0.2, 0) is 6.42 Å². The Bertz CT molecular complexity index is 511. The van der Waals surface area contributed by atoms with Crippen LogP contribution in [0.2, 0.25) is 0 Å². The number of ether oxygens (including phenoxy) is 1. The summed E-state index contributed by atoms with van der Waals surface area (Å²) in [5.41, 5.74) is -0.0219. The smallest absolute Gasteiger partial charge is 0.291 e. The lowest BCUT2D eigenvalue weighted by Crippen LogP contribution is -1.98. The Morgan fingerprint density at radius 3 is 2.62 bits per heavy atom. The maximum Gasteiger partial charge on any atom is 0.291 e. The summed E-state index contributed by atoms with van der Waals surface area (Å²) in [7, 11) is 1.32. The minimum Gasteiger partial charge on any atom is -0.495 e. The molecule has 0 radical (unpaired) electrons. The summed E-state index contributed by atoms with van der Waals surface area (Å²) in [5.74, 6) is 0.113. The van der Waals surface area contributed by atoms with E-state index in [0.29, 0.717) is 5.56 Å². The number of hydrogen-bond acceptors (Lipinski definition) is 5. The quantitative estimate of drug-likeness (QED) is 0.564. The number of rotatable bonds is 3. The van der Waals surface area contributed by atoms with Crippen molar-refractivity contribution in [1.82, 2.24) is 0 Å². The normalized spacial score (nSPS) is 8.94. The van der Waals surface area contributed by atoms with Gasteiger partial charge in [-0.1, -0.05) is 0 Å². The summed E-state index contributed by atoms with van der Waals surface area (Å²) in [4.78, 5) is 10.1. The fourth-order valence-corrected chi connectivity index (χ4v) is 1.27. The zero-order chi connectivity index (χ0) is 12.1. The van der Waals surface area contributed by atoms with Crippen molar-refractivity contribution >= 4 is 5.69 Å². The fraction of sp³-hybridized carbons (Fsp3) is 0.200. The molecule has 0 unspecified atom stereocenters. The van der Waals surface area contributed by atoms with Gasteiger partial charge in [0.05, 0.1) is 24.5 Å². The molecule has 0 N–H and O–H groups in total. The maximum atomic E-state index is 10.7. The van der Waals surface area contributed by atoms with Gasteiger partial charge in [-0.15, -0.1) is 0 Å². The summed E-state index contributed by atoms with van der Waals surface area (Å²) in [6, 6.07) is 6.26. The number of methoxy groups -OCH3 is 1. The van der Waals surface area contributed by atoms with Crippen LogP contribution in [0.1, 0.15) is 11.1 Å². The van der Waals surface area contributed by atoms with E-state index in [4.69, 9.17) is 15.3 Å². The van der Waals surface area contributed by atoms with Crippen molar-refractivity contribution in [3.8, 4) is 17.9 Å². The van der Waals surface area contributed by atoms with Gasteiger partial charge < -0.3 is 4.74 Å². The van der Waals surface area contributed by atoms with Crippen LogP contribution >= 0.6 is 0 Å². The molecular weight excluding hydrogens is 210 g/mol. The number of hydrogen-bond donors (Lipinski definition) is 0. The average molecular weight is 217 g/mol. The Labute approximate surface area is 91.4 Å². The van der Waals surface area contributed by atoms with Gasteiger partial charge in [-0.25, -0.2) is 0 Å². The predicted molar refractivity (Wildman–Crippen MR) is 53.7 cm³/mol. The van der Waals surface area contributed by atoms with Gasteiger partial charge in [0, 0.05) is 6.07 Å². The molecule has 1 rings (SSSR count). The lowest BCUT2D eigenvalue weighted by molar-refractivity contribution is -0.385. The summed E-state index contributed by atoms with van der Waals surface area (Å²) in [5, 5.41) is 28.0. The summed E-state index contributed by atoms with van der Waals surface area (Å²) in [6.07, 6.45) is 0.0307. The van der Waals surface area contributed by atoms with Gasteiger partial charge in [0.25, 0.3) is 5.69 Å². The van der Waals surface area contributed by atoms with E-state index in [2.05, 4.69) is 0 Å². The van der Waals surface area contributed by atoms with Gasteiger partial charge in [0.15, 0.2) is 5.56 Å². The Morgan fingerprint density at radius 2 is 2.19 bits per heavy atom. The average Bonchev–Trinajstić information content (AvgIpc) is 2.28. The molecule has 0 aliphatic carbocycles. The van der Waals surface area contributed by atoms with Gasteiger partial charge in [0.2, 0.25) is 0 Å². The first-order valence-corrected chi connectivity index (χ1v) is 4.26. The minimum absolute atomic E-state index is 0.0307. The van der Waals surface area contributed by atoms with Crippen LogP contribution in [0.5, 0.6) is 5.75 Å². The van der Waals surface area contributed by atoms with Crippen molar-refractivity contribution in [3.05, 3.63) is 33.4 Å². The Balaban J connectivity index is 3.46. The van der Waals surface area contributed by atoms with Crippen LogP contribution in [0.3, 0.4) is 0 Å². The first-order valence-electron chi connectivity index (χ1n) is 4.26. The third kappa shape index (κ3) is 2.07. The van der Waals surface area contributed by atoms with Crippen LogP contribution in [0, 0.1) is 32.8 Å². The van der Waals surface area contributed by atoms with Crippen molar-refractivity contribution in [1.29, 1.82) is 10.5 Å². The number of nitriles is 2. The summed E-state index contributed by atoms with van der Waals surface area (Å²) < 4.78 is 4.88. The van der Waals surface area contributed by atoms with Crippen molar-refractivity contribution in [2.24, 2.45) is 0 Å². The van der Waals surface area contributed by atoms with Gasteiger partial charge in [-0.2, -0.15) is 10.5 Å². The van der Waals surface area contributed by atoms with E-state index in [9.17, 15) is 10.1 Å². The molecule has 0 fully saturated rings. The van der Waals surface area contributed by atoms with Gasteiger partial charge in [0.1, 0.15) is 11.8 Å². The molecule has 0 saturated heterocycles. The maximum absolute atomic E-state index is 10.7. The van der Waals surface area contributed by atoms with E-state index in [0.717, 1.165) is 0 Å². The predicted octanol–water partition coefficient (Wildman–Crippen LogP) is 1.54. The lowest BCUT2D eigenvalue weighted by atomic mass is 10.1. The highest BCUT2D eigenvalue weighted by atomic mass is 16.6. The van der Waals surface area contributed by atoms with Crippen LogP contribution < -0.4 is 4.74 Å². The number of nitrogens with zero attached hydrogens (tertiary/aromatic N) is 3. The highest BCUT2D eigenvalue weighted by Gasteiger charge is 2.20. The topological polar surface area (TPSA) is 99.9 Å². The second-order valence-corrected chi connectivity index (χ2v) is 2.90. The third-order valence-corrected chi connectivity index (χ3v) is 1.95. The van der Waals surface area contributed by atoms with E-state index in [1.807, 2.05) is 6.07 Å². The molecule has 0 spiro atoms. The molecule has 6 heteroatoms. The molecule has 0 bridgehead atoms. The van der Waals surface area contributed by atoms with Crippen LogP contribution in [-0.4, -0.2) is 12.0 Å². The molecule has 1 aromatic rings. The first-order chi connectivity index (χ1) is 7.63. The molecule has 80 valence electrons. The van der Waals surface area contributed by atoms with Gasteiger partial charge in [-0.3, -0.25) is 10.1 Å². The van der Waals surface area contributed by atoms with E-state index in [-0.39, 0.29) is 23.4 Å². The number of benzene rings is 1. The molecule has 0 heterocycles. The third-order valence-electron chi connectivity index (χ3n) is 1.95. The molecule has 0 aromatic heterocycles. The standard InChI is InChI=1S/C10H7N3O3/c1-16-10-5-7(2-3-11)4-9(13(14)15)8(10)6-12/h4-5H,2H2,1H3. The van der Waals surface area contributed by atoms with Gasteiger partial charge in [-0.05, 0) is 11.6 Å². The van der Waals surface area contributed by atoms with Crippen molar-refractivity contribution in [3.63, 3.8) is 0 Å². The molecule has 0 aliphatic heterocycles. The van der Waals surface area contributed by atoms with E-state index in [1.54, 1.807) is 6.07 Å². The number of nitro benzene ring substituents is 1. The van der Waals surface area contributed by atoms with Crippen LogP contribution in [0.15, 0.2) is 12.1 Å². The van der Waals surface area contributed by atoms with Crippen molar-refractivity contribution in [2.75, 3.05) is 7.11 Å². The van der Waals surface area contributed by atoms with Crippen molar-refractivity contribution < 1.29 is 9.66 Å². The highest BCUT2D eigenvalue weighted by Crippen LogP contribution is 2.29. The molecule has 0 aliphatic rings. The molecule has 0 amide bonds. The highest BCUT2D eigenvalue weighted by molar-refractivity contribution is 5.59. The Kier molecular flexibility index (Phi) is 3.41. The van der Waals surface area contributed by atoms with E-state index < -0.39 is 4.92 Å². The second-order valence-electron chi connectivity index (χ2n) is 2.90. The SMILES string of the molecule is COc1cc(CC#N)cc([N+](=O)[O-])c1C#N. The first kappa shape index (κ1) is 11.5. The fourth-order valence-electron chi connectivity index (χ4n) is 1.27. The van der Waals surface area contributed by atoms with Crippen LogP contribution in [0.25, 0.3) is 0 Å². The lowest BCUT2D eigenvalue weighted by Gasteiger charge is -2.05. The van der Waals surface area contributed by atoms with Crippen molar-refractivity contribution in [2.45, 2.75) is 6.42 Å². The second kappa shape index (κ2) is 4.76. The molecular formula is C10H7N3O3. The zero-order valence-corrected chi connectivity index (χ0v) is 8.43. The van der Waals surface area contributed by atoms with E-state index >= 15 is 0 Å². The molecule has 1 aromatic carbocycles. The number of nitro groups is 1. The largest absolute Gasteiger partial charge is 0.495 e.